The molecule has 1 aliphatic carbocycles. The van der Waals surface area contributed by atoms with Crippen LogP contribution in [0.15, 0.2) is 208 Å². The number of hydrogen-bond acceptors (Lipinski definition) is 19. The highest BCUT2D eigenvalue weighted by Crippen LogP contribution is 2.49. The molecule has 28 heteroatoms. The molecule has 5 amide bonds. The Bertz CT molecular complexity index is 5400. The van der Waals surface area contributed by atoms with Gasteiger partial charge in [-0.1, -0.05) is 76.0 Å². The first-order valence-electron chi connectivity index (χ1n) is 41.1. The fourth-order valence-electron chi connectivity index (χ4n) is 16.6. The Labute approximate surface area is 692 Å². The Hall–Kier alpha value is -11.0. The largest absolute Gasteiger partial charge is 0.744 e. The number of carbonyl (C=O) groups excluding carboxylic acids is 5. The Kier molecular flexibility index (Phi) is 27.9. The Morgan fingerprint density at radius 2 is 1.24 bits per heavy atom. The van der Waals surface area contributed by atoms with Gasteiger partial charge >= 0.3 is 0 Å². The number of piperazine rings is 1. The van der Waals surface area contributed by atoms with E-state index in [9.17, 15) is 49.9 Å². The van der Waals surface area contributed by atoms with Gasteiger partial charge in [-0.15, -0.1) is 4.57 Å². The zero-order valence-electron chi connectivity index (χ0n) is 68.8. The molecule has 3 aliphatic heterocycles. The second kappa shape index (κ2) is 38.1. The van der Waals surface area contributed by atoms with Gasteiger partial charge in [0.25, 0.3) is 5.91 Å². The van der Waals surface area contributed by atoms with E-state index in [1.54, 1.807) is 24.3 Å². The minimum absolute atomic E-state index is 0.0215. The number of para-hydroxylation sites is 1. The Morgan fingerprint density at radius 1 is 0.593 bits per heavy atom. The van der Waals surface area contributed by atoms with Gasteiger partial charge in [0.2, 0.25) is 46.0 Å². The monoisotopic (exact) mass is 1640 g/mol. The number of nitrogens with one attached hydrogen (secondary N) is 5. The van der Waals surface area contributed by atoms with Gasteiger partial charge in [-0.25, -0.2) is 21.8 Å². The second-order valence-corrected chi connectivity index (χ2v) is 34.4. The molecular formula is C90H109N15O11S2. The highest BCUT2D eigenvalue weighted by atomic mass is 32.2. The molecule has 0 unspecified atom stereocenters. The molecule has 4 heterocycles. The van der Waals surface area contributed by atoms with E-state index in [2.05, 4.69) is 121 Å². The summed E-state index contributed by atoms with van der Waals surface area (Å²) >= 11 is 0. The number of azo groups is 1. The van der Waals surface area contributed by atoms with E-state index < -0.39 is 48.4 Å². The molecule has 5 N–H and O–H groups in total. The van der Waals surface area contributed by atoms with Gasteiger partial charge in [-0.05, 0) is 181 Å². The van der Waals surface area contributed by atoms with Crippen molar-refractivity contribution in [1.29, 1.82) is 0 Å². The quantitative estimate of drug-likeness (QED) is 0.00615. The molecule has 0 atom stereocenters. The maximum absolute atomic E-state index is 13.9. The number of fused-ring (bicyclic) bond motifs is 4. The average Bonchev–Trinajstić information content (AvgIpc) is 1.55. The summed E-state index contributed by atoms with van der Waals surface area (Å²) in [4.78, 5) is 82.5. The van der Waals surface area contributed by atoms with Crippen molar-refractivity contribution in [2.45, 2.75) is 145 Å². The van der Waals surface area contributed by atoms with Crippen molar-refractivity contribution in [3.05, 3.63) is 204 Å². The molecular weight excluding hydrogens is 1530 g/mol. The smallest absolute Gasteiger partial charge is 0.252 e. The predicted octanol–water partition coefficient (Wildman–Crippen LogP) is 12.1. The van der Waals surface area contributed by atoms with Crippen LogP contribution < -0.4 is 50.8 Å². The lowest BCUT2D eigenvalue weighted by Gasteiger charge is -2.37. The SMILES string of the molecule is CCN(CC)c1ccc2nc3cc(N=Nc4ccc(N(C)CCCC(=O)NCCN5CCN(c6ccc(C(=O)NC7(C(=O)NCC(=O)NCCNC(=O)CCCCCN8\C(=C/C=C/C=C/C9=[N+](CC)c%10ccc(S(=O)(=O)[O-])cc%10C9(C)C)C(C)(C)c9cc(S(=O)(=O)[O-])ccc98)CCCCC7)cc6)CC5)cc4)ccc3[n+](-c3ccccc3)c2c1. The summed E-state index contributed by atoms with van der Waals surface area (Å²) in [6.45, 7) is 22.3. The number of hydrogen-bond donors (Lipinski definition) is 5. The number of benzene rings is 7. The molecule has 0 spiro atoms. The first kappa shape index (κ1) is 86.3. The van der Waals surface area contributed by atoms with Gasteiger partial charge in [0.1, 0.15) is 43.4 Å². The molecule has 12 rings (SSSR count). The molecule has 7 aromatic carbocycles. The minimum atomic E-state index is -4.73. The van der Waals surface area contributed by atoms with Crippen LogP contribution in [-0.4, -0.2) is 180 Å². The molecule has 26 nitrogen and oxygen atoms in total. The van der Waals surface area contributed by atoms with E-state index in [-0.39, 0.29) is 53.6 Å². The molecule has 8 aromatic rings. The lowest BCUT2D eigenvalue weighted by atomic mass is 9.80. The van der Waals surface area contributed by atoms with Crippen LogP contribution in [0.2, 0.25) is 0 Å². The van der Waals surface area contributed by atoms with E-state index in [4.69, 9.17) is 4.98 Å². The molecule has 4 aliphatic rings. The molecule has 0 radical (unpaired) electrons. The van der Waals surface area contributed by atoms with Crippen molar-refractivity contribution in [3.8, 4) is 5.69 Å². The second-order valence-electron chi connectivity index (χ2n) is 31.7. The van der Waals surface area contributed by atoms with Crippen LogP contribution in [0.4, 0.5) is 39.8 Å². The fourth-order valence-corrected chi connectivity index (χ4v) is 17.6. The number of carbonyl (C=O) groups is 5. The summed E-state index contributed by atoms with van der Waals surface area (Å²) in [5, 5.41) is 23.7. The zero-order chi connectivity index (χ0) is 83.9. The van der Waals surface area contributed by atoms with E-state index in [0.29, 0.717) is 87.9 Å². The number of nitrogens with zero attached hydrogens (tertiary/aromatic N) is 10. The third-order valence-corrected chi connectivity index (χ3v) is 24.8. The normalized spacial score (nSPS) is 16.3. The Morgan fingerprint density at radius 3 is 1.92 bits per heavy atom. The highest BCUT2D eigenvalue weighted by molar-refractivity contribution is 7.86. The number of unbranched alkanes of at least 4 members (excludes halogenated alkanes) is 2. The maximum Gasteiger partial charge on any atom is 0.252 e. The molecule has 2 fully saturated rings. The molecule has 622 valence electrons. The van der Waals surface area contributed by atoms with E-state index >= 15 is 0 Å². The van der Waals surface area contributed by atoms with Gasteiger partial charge in [-0.2, -0.15) is 14.8 Å². The van der Waals surface area contributed by atoms with Crippen LogP contribution in [0.3, 0.4) is 0 Å². The topological polar surface area (TPSA) is 321 Å². The number of amides is 5. The van der Waals surface area contributed by atoms with Crippen LogP contribution in [0.1, 0.15) is 141 Å². The van der Waals surface area contributed by atoms with E-state index in [1.165, 1.54) is 24.3 Å². The van der Waals surface area contributed by atoms with E-state index in [1.807, 2.05) is 139 Å². The molecule has 1 aromatic heterocycles. The van der Waals surface area contributed by atoms with Crippen LogP contribution in [0, 0.1) is 0 Å². The first-order valence-corrected chi connectivity index (χ1v) is 43.9. The van der Waals surface area contributed by atoms with Crippen LogP contribution in [0.25, 0.3) is 27.8 Å². The third-order valence-electron chi connectivity index (χ3n) is 23.2. The Balaban J connectivity index is 0.525. The van der Waals surface area contributed by atoms with Gasteiger partial charge in [0.15, 0.2) is 5.71 Å². The van der Waals surface area contributed by atoms with Crippen LogP contribution in [0.5, 0.6) is 0 Å². The van der Waals surface area contributed by atoms with Gasteiger partial charge in [0.05, 0.1) is 33.1 Å². The number of allylic oxidation sites excluding steroid dienone is 6. The van der Waals surface area contributed by atoms with Crippen molar-refractivity contribution in [3.63, 3.8) is 0 Å². The molecule has 1 saturated heterocycles. The third kappa shape index (κ3) is 20.5. The lowest BCUT2D eigenvalue weighted by molar-refractivity contribution is -0.538. The summed E-state index contributed by atoms with van der Waals surface area (Å²) < 4.78 is 76.6. The van der Waals surface area contributed by atoms with Crippen molar-refractivity contribution < 1.29 is 59.1 Å². The van der Waals surface area contributed by atoms with Gasteiger partial charge < -0.3 is 55.3 Å². The van der Waals surface area contributed by atoms with Crippen molar-refractivity contribution in [2.24, 2.45) is 10.2 Å². The highest BCUT2D eigenvalue weighted by Gasteiger charge is 2.45. The fraction of sp³-hybridized carbons (Fsp3) is 0.400. The summed E-state index contributed by atoms with van der Waals surface area (Å²) in [5.74, 6) is -1.41. The maximum atomic E-state index is 13.9. The molecule has 1 saturated carbocycles. The molecule has 0 bridgehead atoms. The minimum Gasteiger partial charge on any atom is -0.744 e. The van der Waals surface area contributed by atoms with Crippen molar-refractivity contribution in [2.75, 3.05) is 118 Å². The summed E-state index contributed by atoms with van der Waals surface area (Å²) in [7, 11) is -7.37. The van der Waals surface area contributed by atoms with Gasteiger partial charge in [-0.3, -0.25) is 28.9 Å². The predicted molar refractivity (Wildman–Crippen MR) is 460 cm³/mol. The number of aromatic nitrogens is 2. The standard InChI is InChI=1S/C90H109N15O11S2/c1-9-101(10-2)70-40-43-75-80(60-70)105(69-25-16-12-17-26-69)79-44-35-66(59-76(79)95-75)98-97-65-33-38-67(39-34-65)99(8)52-24-30-84(107)93-51-54-100-55-57-102(58-56-100)68-36-31-64(32-37-68)86(109)96-90(47-21-15-22-48-90)87(110)94-63-85(108)92-50-49-91-83(106)29-20-14-23-53-104-78-46-42-72(118(114,115)116)62-74(78)89(6,7)82(104)28-19-13-18-27-81-88(4,5)73-61-71(117(111,112)113)41-45-77(73)103(81)11-3/h12-13,16-19,25-28,31-46,59-62H,9-11,14-15,20-24,29-30,47-58,63H2,1-8H3,(H5-2,91,92,93,94,96,106,107,108,109,110,111,112,113,114,115,116). The van der Waals surface area contributed by atoms with Gasteiger partial charge in [0, 0.05) is 180 Å². The van der Waals surface area contributed by atoms with Crippen LogP contribution in [-0.2, 0) is 50.2 Å². The summed E-state index contributed by atoms with van der Waals surface area (Å²) in [5.41, 5.74) is 12.1. The van der Waals surface area contributed by atoms with Crippen molar-refractivity contribution >= 4 is 117 Å². The van der Waals surface area contributed by atoms with E-state index in [0.717, 1.165) is 144 Å². The van der Waals surface area contributed by atoms with Crippen molar-refractivity contribution in [1.82, 2.24) is 36.5 Å². The first-order chi connectivity index (χ1) is 56.6. The molecule has 118 heavy (non-hydrogen) atoms. The average molecular weight is 1640 g/mol. The number of rotatable bonds is 35. The number of anilines is 4. The zero-order valence-corrected chi connectivity index (χ0v) is 70.4. The van der Waals surface area contributed by atoms with Crippen LogP contribution >= 0.6 is 0 Å². The lowest BCUT2D eigenvalue weighted by Crippen LogP contribution is -2.60. The summed E-state index contributed by atoms with van der Waals surface area (Å²) in [6.07, 6.45) is 16.1. The summed E-state index contributed by atoms with van der Waals surface area (Å²) in [6, 6.07) is 47.0.